The maximum Gasteiger partial charge on any atom is 0.401 e. The van der Waals surface area contributed by atoms with Crippen molar-refractivity contribution in [1.82, 2.24) is 9.55 Å². The van der Waals surface area contributed by atoms with Crippen LogP contribution in [0.2, 0.25) is 0 Å². The molecule has 1 aromatic heterocycles. The molecule has 0 unspecified atom stereocenters. The number of rotatable bonds is 1. The van der Waals surface area contributed by atoms with E-state index in [0.29, 0.717) is 0 Å². The molecule has 1 heterocycles. The highest BCUT2D eigenvalue weighted by Crippen LogP contribution is 2.20. The molecule has 0 bridgehead atoms. The highest BCUT2D eigenvalue weighted by atomic mass is 79.9. The molecule has 0 radical (unpaired) electrons. The molecule has 0 aliphatic carbocycles. The second kappa shape index (κ2) is 2.91. The standard InChI is InChI=1S/C5H3BrN4O2/c1-9-3(2-7)4(10(11)12)8-5(9)6/h1H3. The Balaban J connectivity index is 3.42. The van der Waals surface area contributed by atoms with Crippen LogP contribution < -0.4 is 0 Å². The SMILES string of the molecule is Cn1c(Br)nc([N+](=O)[O-])c1C#N. The molecule has 0 saturated heterocycles. The van der Waals surface area contributed by atoms with E-state index in [1.807, 2.05) is 0 Å². The largest absolute Gasteiger partial charge is 0.401 e. The molecule has 12 heavy (non-hydrogen) atoms. The van der Waals surface area contributed by atoms with Crippen LogP contribution in [0.1, 0.15) is 5.69 Å². The Labute approximate surface area is 75.7 Å². The van der Waals surface area contributed by atoms with Crippen molar-refractivity contribution in [2.24, 2.45) is 7.05 Å². The maximum atomic E-state index is 10.3. The minimum Gasteiger partial charge on any atom is -0.358 e. The van der Waals surface area contributed by atoms with Crippen LogP contribution in [0.25, 0.3) is 0 Å². The molecule has 7 heteroatoms. The number of hydrogen-bond acceptors (Lipinski definition) is 4. The first-order valence-corrected chi connectivity index (χ1v) is 3.64. The highest BCUT2D eigenvalue weighted by molar-refractivity contribution is 9.10. The second-order valence-electron chi connectivity index (χ2n) is 1.98. The molecule has 0 N–H and O–H groups in total. The van der Waals surface area contributed by atoms with Gasteiger partial charge in [-0.05, 0) is 9.91 Å². The van der Waals surface area contributed by atoms with Crippen molar-refractivity contribution in [3.05, 3.63) is 20.5 Å². The van der Waals surface area contributed by atoms with Gasteiger partial charge in [0.2, 0.25) is 5.69 Å². The van der Waals surface area contributed by atoms with Crippen LogP contribution >= 0.6 is 15.9 Å². The molecule has 1 rings (SSSR count). The topological polar surface area (TPSA) is 84.8 Å². The quantitative estimate of drug-likeness (QED) is 0.532. The summed E-state index contributed by atoms with van der Waals surface area (Å²) in [5.41, 5.74) is -0.0631. The van der Waals surface area contributed by atoms with Gasteiger partial charge in [-0.25, -0.2) is 0 Å². The molecule has 0 saturated carbocycles. The molecule has 0 atom stereocenters. The van der Waals surface area contributed by atoms with Crippen molar-refractivity contribution in [2.45, 2.75) is 0 Å². The van der Waals surface area contributed by atoms with E-state index >= 15 is 0 Å². The molecule has 6 nitrogen and oxygen atoms in total. The van der Waals surface area contributed by atoms with Gasteiger partial charge in [0.05, 0.1) is 0 Å². The Morgan fingerprint density at radius 3 is 2.75 bits per heavy atom. The molecule has 62 valence electrons. The highest BCUT2D eigenvalue weighted by Gasteiger charge is 2.23. The lowest BCUT2D eigenvalue weighted by Crippen LogP contribution is -1.95. The fourth-order valence-corrected chi connectivity index (χ4v) is 1.06. The van der Waals surface area contributed by atoms with Gasteiger partial charge in [0.25, 0.3) is 4.73 Å². The first kappa shape index (κ1) is 8.67. The van der Waals surface area contributed by atoms with E-state index in [4.69, 9.17) is 5.26 Å². The summed E-state index contributed by atoms with van der Waals surface area (Å²) in [6, 6.07) is 1.69. The summed E-state index contributed by atoms with van der Waals surface area (Å²) in [6.07, 6.45) is 0. The van der Waals surface area contributed by atoms with Gasteiger partial charge in [0.15, 0.2) is 0 Å². The first-order valence-electron chi connectivity index (χ1n) is 2.84. The van der Waals surface area contributed by atoms with Gasteiger partial charge < -0.3 is 10.1 Å². The Kier molecular flexibility index (Phi) is 2.10. The minimum atomic E-state index is -0.691. The lowest BCUT2D eigenvalue weighted by molar-refractivity contribution is -0.389. The zero-order valence-corrected chi connectivity index (χ0v) is 7.57. The maximum absolute atomic E-state index is 10.3. The van der Waals surface area contributed by atoms with Gasteiger partial charge in [-0.2, -0.15) is 5.26 Å². The normalized spacial score (nSPS) is 9.42. The summed E-state index contributed by atoms with van der Waals surface area (Å²) in [4.78, 5) is 13.2. The van der Waals surface area contributed by atoms with Crippen molar-refractivity contribution in [2.75, 3.05) is 0 Å². The number of nitro groups is 1. The lowest BCUT2D eigenvalue weighted by Gasteiger charge is -1.89. The number of imidazole rings is 1. The van der Waals surface area contributed by atoms with Crippen LogP contribution in [0.5, 0.6) is 0 Å². The van der Waals surface area contributed by atoms with Crippen LogP contribution in [-0.2, 0) is 7.05 Å². The minimum absolute atomic E-state index is 0.0631. The number of nitriles is 1. The first-order chi connectivity index (χ1) is 5.57. The molecular formula is C5H3BrN4O2. The van der Waals surface area contributed by atoms with Crippen LogP contribution in [0.3, 0.4) is 0 Å². The van der Waals surface area contributed by atoms with Crippen LogP contribution in [0.4, 0.5) is 5.82 Å². The average Bonchev–Trinajstić information content (AvgIpc) is 2.29. The summed E-state index contributed by atoms with van der Waals surface area (Å²) in [5, 5.41) is 18.8. The van der Waals surface area contributed by atoms with E-state index in [2.05, 4.69) is 20.9 Å². The Morgan fingerprint density at radius 2 is 2.42 bits per heavy atom. The third kappa shape index (κ3) is 1.16. The van der Waals surface area contributed by atoms with Crippen LogP contribution in [0.15, 0.2) is 4.73 Å². The van der Waals surface area contributed by atoms with Crippen molar-refractivity contribution in [3.8, 4) is 6.07 Å². The van der Waals surface area contributed by atoms with E-state index in [-0.39, 0.29) is 10.4 Å². The smallest absolute Gasteiger partial charge is 0.358 e. The molecule has 0 aromatic carbocycles. The molecule has 0 amide bonds. The van der Waals surface area contributed by atoms with Gasteiger partial charge in [-0.3, -0.25) is 4.57 Å². The van der Waals surface area contributed by atoms with Crippen molar-refractivity contribution in [1.29, 1.82) is 5.26 Å². The van der Waals surface area contributed by atoms with E-state index in [1.54, 1.807) is 6.07 Å². The van der Waals surface area contributed by atoms with Gasteiger partial charge in [0, 0.05) is 23.0 Å². The average molecular weight is 231 g/mol. The Hall–Kier alpha value is -1.42. The van der Waals surface area contributed by atoms with E-state index in [9.17, 15) is 10.1 Å². The van der Waals surface area contributed by atoms with Crippen molar-refractivity contribution < 1.29 is 4.92 Å². The van der Waals surface area contributed by atoms with Crippen LogP contribution in [0, 0.1) is 21.4 Å². The third-order valence-corrected chi connectivity index (χ3v) is 2.01. The summed E-state index contributed by atoms with van der Waals surface area (Å²) in [7, 11) is 1.52. The van der Waals surface area contributed by atoms with E-state index in [0.717, 1.165) is 0 Å². The van der Waals surface area contributed by atoms with E-state index in [1.165, 1.54) is 11.6 Å². The molecule has 1 aromatic rings. The molecule has 0 fully saturated rings. The fraction of sp³-hybridized carbons (Fsp3) is 0.200. The third-order valence-electron chi connectivity index (χ3n) is 1.30. The van der Waals surface area contributed by atoms with Crippen molar-refractivity contribution in [3.63, 3.8) is 0 Å². The zero-order chi connectivity index (χ0) is 9.30. The molecule has 0 aliphatic heterocycles. The summed E-state index contributed by atoms with van der Waals surface area (Å²) >= 11 is 2.97. The summed E-state index contributed by atoms with van der Waals surface area (Å²) in [6.45, 7) is 0. The van der Waals surface area contributed by atoms with Crippen molar-refractivity contribution >= 4 is 21.7 Å². The number of nitrogens with zero attached hydrogens (tertiary/aromatic N) is 4. The number of halogens is 1. The molecule has 0 spiro atoms. The Morgan fingerprint density at radius 1 is 1.83 bits per heavy atom. The van der Waals surface area contributed by atoms with Gasteiger partial charge in [0.1, 0.15) is 6.07 Å². The summed E-state index contributed by atoms with van der Waals surface area (Å²) in [5.74, 6) is -0.424. The zero-order valence-electron chi connectivity index (χ0n) is 5.98. The Bertz CT molecular complexity index is 378. The van der Waals surface area contributed by atoms with Gasteiger partial charge in [-0.1, -0.05) is 0 Å². The van der Waals surface area contributed by atoms with Gasteiger partial charge >= 0.3 is 5.82 Å². The summed E-state index contributed by atoms with van der Waals surface area (Å²) < 4.78 is 1.57. The van der Waals surface area contributed by atoms with Gasteiger partial charge in [-0.15, -0.1) is 0 Å². The predicted molar refractivity (Wildman–Crippen MR) is 42.3 cm³/mol. The van der Waals surface area contributed by atoms with Crippen LogP contribution in [-0.4, -0.2) is 14.5 Å². The second-order valence-corrected chi connectivity index (χ2v) is 2.69. The van der Waals surface area contributed by atoms with E-state index < -0.39 is 10.7 Å². The number of aromatic nitrogens is 2. The lowest BCUT2D eigenvalue weighted by atomic mass is 10.5. The molecule has 0 aliphatic rings. The number of hydrogen-bond donors (Lipinski definition) is 0. The molecular weight excluding hydrogens is 228 g/mol. The predicted octanol–water partition coefficient (Wildman–Crippen LogP) is 0.962. The fourth-order valence-electron chi connectivity index (χ4n) is 0.710. The monoisotopic (exact) mass is 230 g/mol.